The lowest BCUT2D eigenvalue weighted by molar-refractivity contribution is -0.137. The van der Waals surface area contributed by atoms with Crippen LogP contribution >= 0.6 is 23.1 Å². The number of piperidine rings is 1. The van der Waals surface area contributed by atoms with Crippen LogP contribution in [-0.4, -0.2) is 53.5 Å². The van der Waals surface area contributed by atoms with E-state index in [0.717, 1.165) is 55.6 Å². The number of likely N-dealkylation sites (tertiary alicyclic amines) is 1. The fourth-order valence-electron chi connectivity index (χ4n) is 5.40. The summed E-state index contributed by atoms with van der Waals surface area (Å²) in [6.45, 7) is 5.10. The average Bonchev–Trinajstić information content (AvgIpc) is 3.32. The van der Waals surface area contributed by atoms with Crippen LogP contribution in [0.4, 0.5) is 4.39 Å². The summed E-state index contributed by atoms with van der Waals surface area (Å²) >= 11 is 3.74. The molecule has 1 aromatic carbocycles. The molecule has 3 heterocycles. The summed E-state index contributed by atoms with van der Waals surface area (Å²) < 4.78 is 22.3. The minimum absolute atomic E-state index is 0.177. The Kier molecular flexibility index (Phi) is 10.2. The van der Waals surface area contributed by atoms with Gasteiger partial charge >= 0.3 is 5.97 Å². The van der Waals surface area contributed by atoms with Crippen LogP contribution in [0.25, 0.3) is 10.9 Å². The predicted octanol–water partition coefficient (Wildman–Crippen LogP) is 7.39. The van der Waals surface area contributed by atoms with E-state index in [1.54, 1.807) is 19.4 Å². The molecule has 37 heavy (non-hydrogen) atoms. The number of aliphatic carboxylic acids is 1. The van der Waals surface area contributed by atoms with Crippen LogP contribution in [0.1, 0.15) is 55.8 Å². The van der Waals surface area contributed by atoms with Crippen molar-refractivity contribution in [1.82, 2.24) is 9.88 Å². The molecule has 1 saturated heterocycles. The first-order chi connectivity index (χ1) is 17.9. The Morgan fingerprint density at radius 1 is 1.30 bits per heavy atom. The van der Waals surface area contributed by atoms with Gasteiger partial charge in [-0.25, -0.2) is 4.39 Å². The molecule has 1 aliphatic rings. The molecule has 4 rings (SSSR count). The van der Waals surface area contributed by atoms with E-state index < -0.39 is 12.1 Å². The number of halogens is 1. The number of hydrogen-bond donors (Lipinski definition) is 1. The molecule has 0 radical (unpaired) electrons. The molecule has 0 saturated carbocycles. The maximum atomic E-state index is 15.5. The number of thioether (sulfide) groups is 1. The van der Waals surface area contributed by atoms with Crippen LogP contribution in [0.2, 0.25) is 0 Å². The third kappa shape index (κ3) is 7.68. The summed E-state index contributed by atoms with van der Waals surface area (Å²) in [6.07, 6.45) is 4.73. The number of pyridine rings is 1. The zero-order valence-electron chi connectivity index (χ0n) is 21.7. The normalized spacial score (nSPS) is 19.2. The molecule has 8 heteroatoms. The summed E-state index contributed by atoms with van der Waals surface area (Å²) in [5, 5.41) is 12.2. The van der Waals surface area contributed by atoms with E-state index in [4.69, 9.17) is 4.74 Å². The quantitative estimate of drug-likeness (QED) is 0.179. The number of alkyl halides is 1. The highest BCUT2D eigenvalue weighted by molar-refractivity contribution is 8.01. The van der Waals surface area contributed by atoms with E-state index in [9.17, 15) is 9.90 Å². The number of aromatic nitrogens is 1. The van der Waals surface area contributed by atoms with Gasteiger partial charge in [-0.05, 0) is 111 Å². The molecule has 2 aromatic heterocycles. The second-order valence-electron chi connectivity index (χ2n) is 9.96. The summed E-state index contributed by atoms with van der Waals surface area (Å²) in [4.78, 5) is 18.2. The molecular weight excluding hydrogens is 507 g/mol. The fraction of sp³-hybridized carbons (Fsp3) is 0.517. The zero-order chi connectivity index (χ0) is 26.2. The zero-order valence-corrected chi connectivity index (χ0v) is 23.3. The van der Waals surface area contributed by atoms with Crippen molar-refractivity contribution in [3.63, 3.8) is 0 Å². The second kappa shape index (κ2) is 13.6. The minimum Gasteiger partial charge on any atom is -0.497 e. The molecule has 0 amide bonds. The van der Waals surface area contributed by atoms with Gasteiger partial charge in [0, 0.05) is 30.3 Å². The number of carboxylic acid groups (broad SMARTS) is 1. The van der Waals surface area contributed by atoms with Crippen molar-refractivity contribution in [1.29, 1.82) is 0 Å². The number of fused-ring (bicyclic) bond motifs is 1. The summed E-state index contributed by atoms with van der Waals surface area (Å²) in [7, 11) is 1.61. The van der Waals surface area contributed by atoms with Crippen molar-refractivity contribution in [3.05, 3.63) is 53.0 Å². The second-order valence-corrected chi connectivity index (χ2v) is 12.2. The van der Waals surface area contributed by atoms with Gasteiger partial charge in [0.1, 0.15) is 11.9 Å². The highest BCUT2D eigenvalue weighted by Crippen LogP contribution is 2.37. The molecule has 0 spiro atoms. The van der Waals surface area contributed by atoms with E-state index >= 15 is 4.39 Å². The number of benzene rings is 1. The van der Waals surface area contributed by atoms with Gasteiger partial charge in [0.25, 0.3) is 0 Å². The lowest BCUT2D eigenvalue weighted by atomic mass is 9.79. The van der Waals surface area contributed by atoms with Gasteiger partial charge in [0.05, 0.1) is 16.8 Å². The number of carboxylic acids is 1. The van der Waals surface area contributed by atoms with Crippen molar-refractivity contribution in [3.8, 4) is 5.75 Å². The Hall–Kier alpha value is -2.16. The first-order valence-electron chi connectivity index (χ1n) is 13.1. The Labute approximate surface area is 227 Å². The Bertz CT molecular complexity index is 1170. The molecule has 5 nitrogen and oxygen atoms in total. The molecule has 1 aliphatic heterocycles. The Morgan fingerprint density at radius 3 is 2.92 bits per heavy atom. The minimum atomic E-state index is -1.09. The molecule has 2 unspecified atom stereocenters. The standard InChI is InChI=1S/C29H37FN2O3S2/c1-20-12-17-37-29(20)36-16-3-14-32-15-11-21(22(19-32)5-9-28(33)34)4-7-26(30)24-10-13-31-27-8-6-23(35-2)18-25(24)27/h6,8,10,12-13,17-18,21-22,26H,3-5,7,9,11,14-16,19H2,1-2H3,(H,33,34)/t21?,22?,26-/m0/s1. The molecule has 3 atom stereocenters. The van der Waals surface area contributed by atoms with Gasteiger partial charge in [-0.1, -0.05) is 0 Å². The van der Waals surface area contributed by atoms with Gasteiger partial charge in [-0.15, -0.1) is 23.1 Å². The Balaban J connectivity index is 1.32. The first-order valence-corrected chi connectivity index (χ1v) is 15.0. The van der Waals surface area contributed by atoms with Crippen molar-refractivity contribution in [2.75, 3.05) is 32.5 Å². The van der Waals surface area contributed by atoms with E-state index in [1.807, 2.05) is 41.3 Å². The van der Waals surface area contributed by atoms with Gasteiger partial charge in [0.15, 0.2) is 0 Å². The van der Waals surface area contributed by atoms with Gasteiger partial charge in [-0.2, -0.15) is 0 Å². The van der Waals surface area contributed by atoms with Crippen molar-refractivity contribution in [2.45, 2.75) is 55.8 Å². The van der Waals surface area contributed by atoms with E-state index in [0.29, 0.717) is 36.0 Å². The largest absolute Gasteiger partial charge is 0.497 e. The van der Waals surface area contributed by atoms with Gasteiger partial charge < -0.3 is 14.7 Å². The lowest BCUT2D eigenvalue weighted by Gasteiger charge is -2.39. The Morgan fingerprint density at radius 2 is 2.16 bits per heavy atom. The smallest absolute Gasteiger partial charge is 0.303 e. The number of thiophene rings is 1. The monoisotopic (exact) mass is 544 g/mol. The maximum absolute atomic E-state index is 15.5. The third-order valence-corrected chi connectivity index (χ3v) is 10.0. The highest BCUT2D eigenvalue weighted by Gasteiger charge is 2.30. The van der Waals surface area contributed by atoms with Crippen LogP contribution in [-0.2, 0) is 4.79 Å². The van der Waals surface area contributed by atoms with Crippen molar-refractivity contribution < 1.29 is 19.0 Å². The van der Waals surface area contributed by atoms with Crippen LogP contribution in [0.5, 0.6) is 5.75 Å². The van der Waals surface area contributed by atoms with Crippen LogP contribution in [0.3, 0.4) is 0 Å². The molecule has 3 aromatic rings. The molecule has 0 aliphatic carbocycles. The van der Waals surface area contributed by atoms with E-state index in [-0.39, 0.29) is 6.42 Å². The number of carbonyl (C=O) groups is 1. The van der Waals surface area contributed by atoms with Crippen LogP contribution < -0.4 is 4.74 Å². The SMILES string of the molecule is COc1ccc2nccc([C@@H](F)CCC3CCN(CCCSc4sccc4C)CC3CCC(=O)O)c2c1. The first kappa shape index (κ1) is 27.9. The summed E-state index contributed by atoms with van der Waals surface area (Å²) in [5.74, 6) is 1.67. The van der Waals surface area contributed by atoms with Crippen LogP contribution in [0, 0.1) is 18.8 Å². The van der Waals surface area contributed by atoms with E-state index in [1.165, 1.54) is 9.77 Å². The molecular formula is C29H37FN2O3S2. The highest BCUT2D eigenvalue weighted by atomic mass is 32.2. The van der Waals surface area contributed by atoms with Crippen molar-refractivity contribution >= 4 is 40.0 Å². The summed E-state index contributed by atoms with van der Waals surface area (Å²) in [6, 6.07) is 9.50. The number of aryl methyl sites for hydroxylation is 1. The molecule has 200 valence electrons. The lowest BCUT2D eigenvalue weighted by Crippen LogP contribution is -2.41. The van der Waals surface area contributed by atoms with Crippen molar-refractivity contribution in [2.24, 2.45) is 11.8 Å². The van der Waals surface area contributed by atoms with Gasteiger partial charge in [0.2, 0.25) is 0 Å². The molecule has 0 bridgehead atoms. The number of nitrogens with zero attached hydrogens (tertiary/aromatic N) is 2. The molecule has 1 fully saturated rings. The number of hydrogen-bond acceptors (Lipinski definition) is 6. The third-order valence-electron chi connectivity index (χ3n) is 7.48. The number of methoxy groups -OCH3 is 1. The predicted molar refractivity (Wildman–Crippen MR) is 151 cm³/mol. The summed E-state index contributed by atoms with van der Waals surface area (Å²) in [5.41, 5.74) is 2.78. The average molecular weight is 545 g/mol. The number of ether oxygens (including phenoxy) is 1. The maximum Gasteiger partial charge on any atom is 0.303 e. The topological polar surface area (TPSA) is 62.7 Å². The molecule has 1 N–H and O–H groups in total. The van der Waals surface area contributed by atoms with Crippen LogP contribution in [0.15, 0.2) is 46.1 Å². The van der Waals surface area contributed by atoms with Gasteiger partial charge in [-0.3, -0.25) is 9.78 Å². The van der Waals surface area contributed by atoms with E-state index in [2.05, 4.69) is 28.3 Å². The fourth-order valence-corrected chi connectivity index (χ4v) is 7.49. The number of rotatable bonds is 13.